The Morgan fingerprint density at radius 3 is 0.915 bits per heavy atom. The average Bonchev–Trinajstić information content (AvgIpc) is 3.37. The number of unbranched alkanes of at least 4 members (excludes halogenated alkanes) is 12. The summed E-state index contributed by atoms with van der Waals surface area (Å²) in [5.74, 6) is -1.10. The number of rotatable bonds is 48. The van der Waals surface area contributed by atoms with Gasteiger partial charge in [0, 0.05) is 12.8 Å². The quantitative estimate of drug-likeness (QED) is 0.0262. The fourth-order valence-corrected chi connectivity index (χ4v) is 6.97. The molecule has 0 aliphatic heterocycles. The summed E-state index contributed by atoms with van der Waals surface area (Å²) in [6.07, 6.45) is 84.0. The lowest BCUT2D eigenvalue weighted by Gasteiger charge is -2.18. The van der Waals surface area contributed by atoms with Crippen LogP contribution in [0.5, 0.6) is 0 Å². The number of hydrogen-bond acceptors (Lipinski definition) is 6. The predicted molar refractivity (Wildman–Crippen MR) is 306 cm³/mol. The molecule has 0 N–H and O–H groups in total. The maximum Gasteiger partial charge on any atom is 0.309 e. The molecule has 1 atom stereocenters. The summed E-state index contributed by atoms with van der Waals surface area (Å²) in [4.78, 5) is 38.1. The van der Waals surface area contributed by atoms with E-state index in [1.165, 1.54) is 32.1 Å². The van der Waals surface area contributed by atoms with Gasteiger partial charge in [-0.1, -0.05) is 230 Å². The van der Waals surface area contributed by atoms with Gasteiger partial charge in [-0.15, -0.1) is 0 Å². The van der Waals surface area contributed by atoms with Crippen LogP contribution < -0.4 is 0 Å². The zero-order valence-electron chi connectivity index (χ0n) is 45.2. The molecule has 0 aromatic heterocycles. The number of allylic oxidation sites excluding steroid dienone is 25. The Morgan fingerprint density at radius 1 is 0.296 bits per heavy atom. The first-order chi connectivity index (χ1) is 35.0. The first-order valence-corrected chi connectivity index (χ1v) is 28.0. The van der Waals surface area contributed by atoms with Gasteiger partial charge >= 0.3 is 17.9 Å². The van der Waals surface area contributed by atoms with Crippen molar-refractivity contribution >= 4 is 17.9 Å². The number of ether oxygens (including phenoxy) is 3. The predicted octanol–water partition coefficient (Wildman–Crippen LogP) is 19.0. The van der Waals surface area contributed by atoms with Gasteiger partial charge in [-0.05, 0) is 122 Å². The van der Waals surface area contributed by atoms with Crippen LogP contribution in [-0.4, -0.2) is 37.2 Å². The molecular weight excluding hydrogens is 877 g/mol. The van der Waals surface area contributed by atoms with Gasteiger partial charge in [0.1, 0.15) is 13.2 Å². The van der Waals surface area contributed by atoms with Crippen molar-refractivity contribution in [1.82, 2.24) is 0 Å². The van der Waals surface area contributed by atoms with Crippen molar-refractivity contribution < 1.29 is 28.6 Å². The van der Waals surface area contributed by atoms with Crippen molar-refractivity contribution in [2.45, 2.75) is 219 Å². The Bertz CT molecular complexity index is 1640. The molecule has 0 amide bonds. The van der Waals surface area contributed by atoms with Gasteiger partial charge in [0.05, 0.1) is 6.42 Å². The number of carbonyl (C=O) groups is 3. The average molecular weight is 978 g/mol. The molecule has 0 aromatic rings. The Labute approximate surface area is 435 Å². The molecule has 6 nitrogen and oxygen atoms in total. The fourth-order valence-electron chi connectivity index (χ4n) is 6.97. The van der Waals surface area contributed by atoms with Crippen LogP contribution in [0.25, 0.3) is 0 Å². The Kier molecular flexibility index (Phi) is 53.6. The topological polar surface area (TPSA) is 78.9 Å². The Morgan fingerprint density at radius 2 is 0.563 bits per heavy atom. The molecule has 0 aliphatic rings. The molecule has 1 unspecified atom stereocenters. The Balaban J connectivity index is 4.56. The van der Waals surface area contributed by atoms with Crippen molar-refractivity contribution in [2.24, 2.45) is 0 Å². The van der Waals surface area contributed by atoms with Gasteiger partial charge in [0.15, 0.2) is 6.10 Å². The van der Waals surface area contributed by atoms with Crippen molar-refractivity contribution in [3.63, 3.8) is 0 Å². The molecule has 0 saturated carbocycles. The first kappa shape index (κ1) is 66.0. The van der Waals surface area contributed by atoms with Gasteiger partial charge in [0.2, 0.25) is 0 Å². The van der Waals surface area contributed by atoms with Gasteiger partial charge < -0.3 is 14.2 Å². The minimum atomic E-state index is -0.843. The van der Waals surface area contributed by atoms with Crippen LogP contribution in [0.3, 0.4) is 0 Å². The van der Waals surface area contributed by atoms with Crippen LogP contribution >= 0.6 is 0 Å². The van der Waals surface area contributed by atoms with E-state index in [1.54, 1.807) is 6.08 Å². The fraction of sp³-hybridized carbons (Fsp3) is 0.554. The molecule has 6 heteroatoms. The van der Waals surface area contributed by atoms with E-state index < -0.39 is 12.1 Å². The van der Waals surface area contributed by atoms with Crippen LogP contribution in [0, 0.1) is 0 Å². The maximum absolute atomic E-state index is 12.8. The smallest absolute Gasteiger partial charge is 0.309 e. The van der Waals surface area contributed by atoms with E-state index in [4.69, 9.17) is 14.2 Å². The molecule has 0 spiro atoms. The molecule has 0 bridgehead atoms. The van der Waals surface area contributed by atoms with Crippen molar-refractivity contribution in [3.8, 4) is 0 Å². The zero-order chi connectivity index (χ0) is 51.4. The largest absolute Gasteiger partial charge is 0.462 e. The maximum atomic E-state index is 12.8. The highest BCUT2D eigenvalue weighted by atomic mass is 16.6. The lowest BCUT2D eigenvalue weighted by molar-refractivity contribution is -0.166. The molecule has 0 radical (unpaired) electrons. The molecule has 0 heterocycles. The highest BCUT2D eigenvalue weighted by Crippen LogP contribution is 2.13. The third-order valence-electron chi connectivity index (χ3n) is 11.0. The summed E-state index contributed by atoms with van der Waals surface area (Å²) >= 11 is 0. The molecule has 0 aromatic carbocycles. The van der Waals surface area contributed by atoms with Crippen LogP contribution in [0.15, 0.2) is 158 Å². The van der Waals surface area contributed by atoms with E-state index in [2.05, 4.69) is 167 Å². The highest BCUT2D eigenvalue weighted by molar-refractivity contribution is 5.72. The van der Waals surface area contributed by atoms with E-state index in [9.17, 15) is 14.4 Å². The summed E-state index contributed by atoms with van der Waals surface area (Å²) in [6.45, 7) is 6.16. The number of carbonyl (C=O) groups excluding carboxylic acids is 3. The van der Waals surface area contributed by atoms with E-state index >= 15 is 0 Å². The number of hydrogen-bond donors (Lipinski definition) is 0. The number of esters is 3. The Hall–Kier alpha value is -4.97. The third kappa shape index (κ3) is 55.8. The summed E-state index contributed by atoms with van der Waals surface area (Å²) < 4.78 is 16.7. The van der Waals surface area contributed by atoms with Crippen LogP contribution in [0.2, 0.25) is 0 Å². The highest BCUT2D eigenvalue weighted by Gasteiger charge is 2.19. The summed E-state index contributed by atoms with van der Waals surface area (Å²) in [6, 6.07) is 0. The lowest BCUT2D eigenvalue weighted by atomic mass is 10.1. The molecule has 0 rings (SSSR count). The zero-order valence-corrected chi connectivity index (χ0v) is 45.2. The second-order valence-electron chi connectivity index (χ2n) is 17.7. The lowest BCUT2D eigenvalue weighted by Crippen LogP contribution is -2.30. The van der Waals surface area contributed by atoms with Gasteiger partial charge in [0.25, 0.3) is 0 Å². The minimum absolute atomic E-state index is 0.112. The van der Waals surface area contributed by atoms with Gasteiger partial charge in [-0.2, -0.15) is 0 Å². The SMILES string of the molecule is CC/C=C\C/C=C\C/C=C\C/C=C\C/C=C\CC(=O)OCC(COC(=O)CCCCCCCCCC/C=C\C/C=C\C/C=C\C/C=C\CC)OC(=O)CCCCCC/C=C\C/C=C\C/C=C\C/C=C\CC. The van der Waals surface area contributed by atoms with E-state index in [0.29, 0.717) is 6.42 Å². The van der Waals surface area contributed by atoms with Gasteiger partial charge in [-0.3, -0.25) is 14.4 Å². The van der Waals surface area contributed by atoms with Crippen LogP contribution in [-0.2, 0) is 28.6 Å². The second kappa shape index (κ2) is 57.6. The molecular formula is C65H100O6. The van der Waals surface area contributed by atoms with E-state index in [0.717, 1.165) is 141 Å². The molecule has 71 heavy (non-hydrogen) atoms. The van der Waals surface area contributed by atoms with E-state index in [-0.39, 0.29) is 38.0 Å². The third-order valence-corrected chi connectivity index (χ3v) is 11.0. The standard InChI is InChI=1S/C65H100O6/c1-4-7-10-13-16-19-22-25-28-30-31-32-33-35-37-40-43-46-49-52-55-58-64(67)70-61-62(60-69-63(66)57-54-51-48-45-42-39-36-27-24-21-18-15-12-9-6-3)71-65(68)59-56-53-50-47-44-41-38-34-29-26-23-20-17-14-11-8-5-2/h7-12,16-21,25-29,31-32,36,38,41-42,45,51,54,62H,4-6,13-15,22-24,30,33-35,37,39-40,43-44,46-50,52-53,55-61H2,1-3H3/b10-7-,11-8-,12-9-,19-16-,20-17-,21-18-,28-25-,29-26-,32-31-,36-27-,41-38-,45-42-,54-51-. The van der Waals surface area contributed by atoms with Crippen LogP contribution in [0.4, 0.5) is 0 Å². The molecule has 0 fully saturated rings. The minimum Gasteiger partial charge on any atom is -0.462 e. The normalized spacial score (nSPS) is 13.3. The summed E-state index contributed by atoms with van der Waals surface area (Å²) in [5, 5.41) is 0. The summed E-state index contributed by atoms with van der Waals surface area (Å²) in [7, 11) is 0. The molecule has 0 saturated heterocycles. The second-order valence-corrected chi connectivity index (χ2v) is 17.7. The van der Waals surface area contributed by atoms with Crippen LogP contribution in [0.1, 0.15) is 213 Å². The molecule has 396 valence electrons. The van der Waals surface area contributed by atoms with Gasteiger partial charge in [-0.25, -0.2) is 0 Å². The monoisotopic (exact) mass is 977 g/mol. The van der Waals surface area contributed by atoms with Crippen molar-refractivity contribution in [1.29, 1.82) is 0 Å². The van der Waals surface area contributed by atoms with Crippen molar-refractivity contribution in [3.05, 3.63) is 158 Å². The molecule has 0 aliphatic carbocycles. The van der Waals surface area contributed by atoms with E-state index in [1.807, 2.05) is 6.08 Å². The summed E-state index contributed by atoms with van der Waals surface area (Å²) in [5.41, 5.74) is 0. The van der Waals surface area contributed by atoms with Crippen molar-refractivity contribution in [2.75, 3.05) is 13.2 Å². The first-order valence-electron chi connectivity index (χ1n) is 28.0.